The number of ether oxygens (including phenoxy) is 1. The van der Waals surface area contributed by atoms with Crippen molar-refractivity contribution < 1.29 is 17.9 Å². The molecule has 6 nitrogen and oxygen atoms in total. The molecule has 0 saturated heterocycles. The number of carbonyl (C=O) groups excluding carboxylic acids is 1. The van der Waals surface area contributed by atoms with Crippen LogP contribution in [0.2, 0.25) is 5.02 Å². The average Bonchev–Trinajstić information content (AvgIpc) is 2.69. The molecule has 0 spiro atoms. The minimum Gasteiger partial charge on any atom is -0.481 e. The van der Waals surface area contributed by atoms with Crippen molar-refractivity contribution in [3.05, 3.63) is 53.6 Å². The fourth-order valence-corrected chi connectivity index (χ4v) is 3.80. The topological polar surface area (TPSA) is 75.7 Å². The molecule has 1 unspecified atom stereocenters. The maximum Gasteiger partial charge on any atom is 0.261 e. The van der Waals surface area contributed by atoms with Crippen LogP contribution in [0.25, 0.3) is 0 Å². The number of hydrogen-bond acceptors (Lipinski definition) is 5. The van der Waals surface area contributed by atoms with Crippen LogP contribution in [-0.2, 0) is 14.8 Å². The summed E-state index contributed by atoms with van der Waals surface area (Å²) in [5.74, 6) is 1.06. The molecule has 0 saturated carbocycles. The fraction of sp³-hybridized carbons (Fsp3) is 0.350. The van der Waals surface area contributed by atoms with Gasteiger partial charge in [0.25, 0.3) is 5.91 Å². The first kappa shape index (κ1) is 23.4. The van der Waals surface area contributed by atoms with Crippen LogP contribution in [0.3, 0.4) is 0 Å². The highest BCUT2D eigenvalue weighted by Gasteiger charge is 2.18. The number of benzene rings is 2. The Bertz CT molecular complexity index is 903. The fourth-order valence-electron chi connectivity index (χ4n) is 2.40. The summed E-state index contributed by atoms with van der Waals surface area (Å²) < 4.78 is 30.1. The molecule has 2 rings (SSSR count). The van der Waals surface area contributed by atoms with E-state index in [1.165, 1.54) is 11.4 Å². The maximum absolute atomic E-state index is 12.4. The first-order valence-corrected chi connectivity index (χ1v) is 12.3. The number of nitrogens with zero attached hydrogens (tertiary/aromatic N) is 1. The lowest BCUT2D eigenvalue weighted by atomic mass is 10.2. The Hall–Kier alpha value is -1.90. The summed E-state index contributed by atoms with van der Waals surface area (Å²) in [5.41, 5.74) is 0.525. The Balaban J connectivity index is 1.83. The van der Waals surface area contributed by atoms with Gasteiger partial charge in [0.2, 0.25) is 10.0 Å². The Morgan fingerprint density at radius 2 is 1.79 bits per heavy atom. The second-order valence-corrected chi connectivity index (χ2v) is 9.95. The number of anilines is 1. The van der Waals surface area contributed by atoms with E-state index in [1.807, 2.05) is 31.2 Å². The monoisotopic (exact) mass is 456 g/mol. The highest BCUT2D eigenvalue weighted by atomic mass is 35.5. The zero-order valence-corrected chi connectivity index (χ0v) is 19.0. The lowest BCUT2D eigenvalue weighted by Gasteiger charge is -2.19. The Morgan fingerprint density at radius 3 is 2.34 bits per heavy atom. The van der Waals surface area contributed by atoms with Crippen molar-refractivity contribution in [3.8, 4) is 5.75 Å². The predicted octanol–water partition coefficient (Wildman–Crippen LogP) is 3.80. The number of carbonyl (C=O) groups is 1. The van der Waals surface area contributed by atoms with Crippen molar-refractivity contribution in [1.29, 1.82) is 0 Å². The summed E-state index contributed by atoms with van der Waals surface area (Å²) in [5, 5.41) is 3.58. The van der Waals surface area contributed by atoms with Gasteiger partial charge in [-0.1, -0.05) is 18.5 Å². The Morgan fingerprint density at radius 1 is 1.17 bits per heavy atom. The van der Waals surface area contributed by atoms with Crippen LogP contribution in [0.15, 0.2) is 53.4 Å². The molecule has 2 aromatic carbocycles. The molecule has 0 aliphatic heterocycles. The van der Waals surface area contributed by atoms with Crippen molar-refractivity contribution >= 4 is 45.0 Å². The van der Waals surface area contributed by atoms with Gasteiger partial charge >= 0.3 is 0 Å². The van der Waals surface area contributed by atoms with Gasteiger partial charge in [0.15, 0.2) is 6.10 Å². The lowest BCUT2D eigenvalue weighted by Crippen LogP contribution is -2.39. The van der Waals surface area contributed by atoms with Crippen molar-refractivity contribution in [2.45, 2.75) is 24.3 Å². The number of hydrogen-bond donors (Lipinski definition) is 1. The minimum absolute atomic E-state index is 0.179. The Labute approximate surface area is 181 Å². The molecular formula is C20H25ClN2O4S2. The first-order chi connectivity index (χ1) is 13.7. The largest absolute Gasteiger partial charge is 0.481 e. The summed E-state index contributed by atoms with van der Waals surface area (Å²) in [6, 6.07) is 14.2. The van der Waals surface area contributed by atoms with Crippen LogP contribution in [0, 0.1) is 0 Å². The van der Waals surface area contributed by atoms with E-state index in [0.29, 0.717) is 29.4 Å². The molecule has 1 atom stereocenters. The third-order valence-electron chi connectivity index (χ3n) is 4.12. The molecule has 158 valence electrons. The van der Waals surface area contributed by atoms with E-state index in [9.17, 15) is 13.2 Å². The highest BCUT2D eigenvalue weighted by Crippen LogP contribution is 2.22. The molecule has 0 aliphatic carbocycles. The summed E-state index contributed by atoms with van der Waals surface area (Å²) in [7, 11) is -1.84. The molecule has 0 fully saturated rings. The number of halogens is 1. The van der Waals surface area contributed by atoms with E-state index in [-0.39, 0.29) is 5.91 Å². The van der Waals surface area contributed by atoms with Crippen LogP contribution >= 0.6 is 23.4 Å². The second-order valence-electron chi connectivity index (χ2n) is 6.33. The molecular weight excluding hydrogens is 432 g/mol. The average molecular weight is 457 g/mol. The molecule has 29 heavy (non-hydrogen) atoms. The molecule has 1 N–H and O–H groups in total. The van der Waals surface area contributed by atoms with Gasteiger partial charge in [-0.05, 0) is 55.0 Å². The molecule has 2 aromatic rings. The molecule has 9 heteroatoms. The van der Waals surface area contributed by atoms with Gasteiger partial charge in [0, 0.05) is 29.3 Å². The summed E-state index contributed by atoms with van der Waals surface area (Å²) in [6.07, 6.45) is 1.04. The highest BCUT2D eigenvalue weighted by molar-refractivity contribution is 7.99. The maximum atomic E-state index is 12.4. The number of thioether (sulfide) groups is 1. The number of amides is 1. The van der Waals surface area contributed by atoms with E-state index >= 15 is 0 Å². The summed E-state index contributed by atoms with van der Waals surface area (Å²) >= 11 is 7.50. The normalized spacial score (nSPS) is 12.3. The zero-order chi connectivity index (χ0) is 21.4. The zero-order valence-electron chi connectivity index (χ0n) is 16.6. The number of sulfonamides is 1. The smallest absolute Gasteiger partial charge is 0.261 e. The molecule has 0 aromatic heterocycles. The Kier molecular flexibility index (Phi) is 8.67. The molecule has 0 radical (unpaired) electrons. The van der Waals surface area contributed by atoms with Crippen LogP contribution < -0.4 is 14.4 Å². The van der Waals surface area contributed by atoms with Crippen LogP contribution in [0.4, 0.5) is 5.69 Å². The third-order valence-corrected chi connectivity index (χ3v) is 6.59. The van der Waals surface area contributed by atoms with Crippen LogP contribution in [0.1, 0.15) is 13.3 Å². The van der Waals surface area contributed by atoms with Gasteiger partial charge in [0.05, 0.1) is 11.9 Å². The standard InChI is InChI=1S/C20H25ClN2O4S2/c1-4-19(20(24)22-13-14-28-18-11-5-15(21)6-12-18)27-17-9-7-16(8-10-17)23(2)29(3,25)26/h5-12,19H,4,13-14H2,1-3H3,(H,22,24). The van der Waals surface area contributed by atoms with Gasteiger partial charge in [-0.25, -0.2) is 8.42 Å². The SMILES string of the molecule is CCC(Oc1ccc(N(C)S(C)(=O)=O)cc1)C(=O)NCCSc1ccc(Cl)cc1. The van der Waals surface area contributed by atoms with Gasteiger partial charge in [-0.15, -0.1) is 11.8 Å². The van der Waals surface area contributed by atoms with Crippen molar-refractivity contribution in [1.82, 2.24) is 5.32 Å². The van der Waals surface area contributed by atoms with E-state index in [2.05, 4.69) is 5.32 Å². The van der Waals surface area contributed by atoms with Gasteiger partial charge in [-0.3, -0.25) is 9.10 Å². The lowest BCUT2D eigenvalue weighted by molar-refractivity contribution is -0.127. The third kappa shape index (κ3) is 7.45. The van der Waals surface area contributed by atoms with Crippen molar-refractivity contribution in [3.63, 3.8) is 0 Å². The van der Waals surface area contributed by atoms with Gasteiger partial charge < -0.3 is 10.1 Å². The van der Waals surface area contributed by atoms with E-state index < -0.39 is 16.1 Å². The number of rotatable bonds is 10. The summed E-state index contributed by atoms with van der Waals surface area (Å²) in [6.45, 7) is 2.39. The molecule has 0 aliphatic rings. The van der Waals surface area contributed by atoms with Crippen LogP contribution in [-0.4, -0.2) is 46.0 Å². The predicted molar refractivity (Wildman–Crippen MR) is 120 cm³/mol. The number of nitrogens with one attached hydrogen (secondary N) is 1. The minimum atomic E-state index is -3.33. The van der Waals surface area contributed by atoms with Gasteiger partial charge in [-0.2, -0.15) is 0 Å². The van der Waals surface area contributed by atoms with E-state index in [0.717, 1.165) is 16.9 Å². The second kappa shape index (κ2) is 10.8. The van der Waals surface area contributed by atoms with Crippen molar-refractivity contribution in [2.75, 3.05) is 29.9 Å². The summed E-state index contributed by atoms with van der Waals surface area (Å²) in [4.78, 5) is 13.5. The van der Waals surface area contributed by atoms with E-state index in [1.54, 1.807) is 36.0 Å². The van der Waals surface area contributed by atoms with E-state index in [4.69, 9.17) is 16.3 Å². The quantitative estimate of drug-likeness (QED) is 0.434. The first-order valence-electron chi connectivity index (χ1n) is 9.07. The van der Waals surface area contributed by atoms with Crippen molar-refractivity contribution in [2.24, 2.45) is 0 Å². The van der Waals surface area contributed by atoms with Gasteiger partial charge in [0.1, 0.15) is 5.75 Å². The molecule has 1 amide bonds. The molecule has 0 heterocycles. The van der Waals surface area contributed by atoms with Crippen LogP contribution in [0.5, 0.6) is 5.75 Å². The molecule has 0 bridgehead atoms.